The summed E-state index contributed by atoms with van der Waals surface area (Å²) in [5.41, 5.74) is 3.20. The van der Waals surface area contributed by atoms with Gasteiger partial charge in [0.1, 0.15) is 5.82 Å². The van der Waals surface area contributed by atoms with Crippen LogP contribution in [0.15, 0.2) is 42.7 Å². The average molecular weight is 244 g/mol. The van der Waals surface area contributed by atoms with E-state index in [0.717, 1.165) is 23.2 Å². The predicted molar refractivity (Wildman–Crippen MR) is 70.9 cm³/mol. The van der Waals surface area contributed by atoms with E-state index in [4.69, 9.17) is 0 Å². The number of hydrogen-bond acceptors (Lipinski definition) is 2. The molecule has 0 spiro atoms. The van der Waals surface area contributed by atoms with Crippen molar-refractivity contribution in [3.8, 4) is 0 Å². The van der Waals surface area contributed by atoms with Crippen LogP contribution in [0.25, 0.3) is 0 Å². The van der Waals surface area contributed by atoms with Gasteiger partial charge < -0.3 is 5.32 Å². The van der Waals surface area contributed by atoms with E-state index in [1.807, 2.05) is 25.1 Å². The Labute approximate surface area is 107 Å². The molecule has 1 unspecified atom stereocenters. The van der Waals surface area contributed by atoms with Gasteiger partial charge in [-0.1, -0.05) is 13.0 Å². The van der Waals surface area contributed by atoms with Gasteiger partial charge in [0.15, 0.2) is 0 Å². The lowest BCUT2D eigenvalue weighted by Crippen LogP contribution is -2.22. The van der Waals surface area contributed by atoms with E-state index >= 15 is 0 Å². The standard InChI is InChI=1S/C15H17FN2/c1-3-18-15(12-6-8-17-9-7-12)14-5-4-13(16)10-11(14)2/h4-10,15,18H,3H2,1-2H3. The van der Waals surface area contributed by atoms with Crippen LogP contribution in [-0.2, 0) is 0 Å². The summed E-state index contributed by atoms with van der Waals surface area (Å²) in [6, 6.07) is 8.97. The summed E-state index contributed by atoms with van der Waals surface area (Å²) in [4.78, 5) is 4.03. The Hall–Kier alpha value is -1.74. The van der Waals surface area contributed by atoms with Crippen molar-refractivity contribution in [2.24, 2.45) is 0 Å². The molecule has 0 saturated carbocycles. The van der Waals surface area contributed by atoms with E-state index in [9.17, 15) is 4.39 Å². The molecule has 1 N–H and O–H groups in total. The van der Waals surface area contributed by atoms with Gasteiger partial charge in [-0.15, -0.1) is 0 Å². The SMILES string of the molecule is CCNC(c1ccncc1)c1ccc(F)cc1C. The van der Waals surface area contributed by atoms with Gasteiger partial charge in [0.25, 0.3) is 0 Å². The summed E-state index contributed by atoms with van der Waals surface area (Å²) >= 11 is 0. The molecule has 0 radical (unpaired) electrons. The highest BCUT2D eigenvalue weighted by atomic mass is 19.1. The van der Waals surface area contributed by atoms with Crippen LogP contribution in [-0.4, -0.2) is 11.5 Å². The van der Waals surface area contributed by atoms with Gasteiger partial charge in [-0.25, -0.2) is 4.39 Å². The molecule has 94 valence electrons. The lowest BCUT2D eigenvalue weighted by molar-refractivity contribution is 0.609. The van der Waals surface area contributed by atoms with Crippen molar-refractivity contribution in [1.82, 2.24) is 10.3 Å². The van der Waals surface area contributed by atoms with Crippen LogP contribution in [0.1, 0.15) is 29.7 Å². The van der Waals surface area contributed by atoms with Gasteiger partial charge in [-0.2, -0.15) is 0 Å². The monoisotopic (exact) mass is 244 g/mol. The van der Waals surface area contributed by atoms with Crippen molar-refractivity contribution in [2.45, 2.75) is 19.9 Å². The van der Waals surface area contributed by atoms with Gasteiger partial charge in [-0.05, 0) is 54.4 Å². The zero-order valence-corrected chi connectivity index (χ0v) is 10.7. The molecule has 0 saturated heterocycles. The number of nitrogens with zero attached hydrogens (tertiary/aromatic N) is 1. The molecule has 2 rings (SSSR count). The molecule has 3 heteroatoms. The minimum absolute atomic E-state index is 0.0820. The maximum Gasteiger partial charge on any atom is 0.123 e. The molecule has 1 aromatic heterocycles. The van der Waals surface area contributed by atoms with Crippen LogP contribution in [0, 0.1) is 12.7 Å². The highest BCUT2D eigenvalue weighted by molar-refractivity contribution is 5.36. The van der Waals surface area contributed by atoms with Gasteiger partial charge in [-0.3, -0.25) is 4.98 Å². The summed E-state index contributed by atoms with van der Waals surface area (Å²) in [5, 5.41) is 3.43. The van der Waals surface area contributed by atoms with E-state index in [1.54, 1.807) is 18.5 Å². The third kappa shape index (κ3) is 2.74. The number of pyridine rings is 1. The van der Waals surface area contributed by atoms with E-state index in [1.165, 1.54) is 6.07 Å². The minimum atomic E-state index is -0.193. The fourth-order valence-corrected chi connectivity index (χ4v) is 2.13. The van der Waals surface area contributed by atoms with Crippen LogP contribution in [0.4, 0.5) is 4.39 Å². The number of aryl methyl sites for hydroxylation is 1. The quantitative estimate of drug-likeness (QED) is 0.893. The fourth-order valence-electron chi connectivity index (χ4n) is 2.13. The normalized spacial score (nSPS) is 12.4. The second-order valence-electron chi connectivity index (χ2n) is 4.27. The second kappa shape index (κ2) is 5.74. The molecule has 2 nitrogen and oxygen atoms in total. The van der Waals surface area contributed by atoms with Crippen molar-refractivity contribution < 1.29 is 4.39 Å². The first kappa shape index (κ1) is 12.7. The molecule has 0 aliphatic rings. The Morgan fingerprint density at radius 1 is 1.22 bits per heavy atom. The molecular formula is C15H17FN2. The minimum Gasteiger partial charge on any atom is -0.307 e. The zero-order chi connectivity index (χ0) is 13.0. The molecule has 18 heavy (non-hydrogen) atoms. The molecule has 0 bridgehead atoms. The molecule has 0 aliphatic heterocycles. The van der Waals surface area contributed by atoms with Crippen LogP contribution >= 0.6 is 0 Å². The molecule has 0 amide bonds. The van der Waals surface area contributed by atoms with Crippen LogP contribution in [0.2, 0.25) is 0 Å². The molecule has 0 fully saturated rings. The molecule has 1 aromatic carbocycles. The lowest BCUT2D eigenvalue weighted by Gasteiger charge is -2.20. The third-order valence-corrected chi connectivity index (χ3v) is 2.99. The number of benzene rings is 1. The van der Waals surface area contributed by atoms with Crippen molar-refractivity contribution in [2.75, 3.05) is 6.54 Å². The molecule has 0 aliphatic carbocycles. The van der Waals surface area contributed by atoms with Crippen LogP contribution < -0.4 is 5.32 Å². The van der Waals surface area contributed by atoms with Gasteiger partial charge in [0.05, 0.1) is 6.04 Å². The Kier molecular flexibility index (Phi) is 4.05. The largest absolute Gasteiger partial charge is 0.307 e. The molecule has 1 atom stereocenters. The van der Waals surface area contributed by atoms with E-state index in [2.05, 4.69) is 17.2 Å². The Morgan fingerprint density at radius 2 is 1.94 bits per heavy atom. The Morgan fingerprint density at radius 3 is 2.56 bits per heavy atom. The molecule has 2 aromatic rings. The molecule has 1 heterocycles. The molecular weight excluding hydrogens is 227 g/mol. The maximum absolute atomic E-state index is 13.2. The first-order valence-electron chi connectivity index (χ1n) is 6.11. The summed E-state index contributed by atoms with van der Waals surface area (Å²) in [7, 11) is 0. The fraction of sp³-hybridized carbons (Fsp3) is 0.267. The van der Waals surface area contributed by atoms with Crippen molar-refractivity contribution >= 4 is 0 Å². The van der Waals surface area contributed by atoms with Gasteiger partial charge >= 0.3 is 0 Å². The summed E-state index contributed by atoms with van der Waals surface area (Å²) in [6.45, 7) is 4.85. The van der Waals surface area contributed by atoms with Crippen molar-refractivity contribution in [1.29, 1.82) is 0 Å². The first-order chi connectivity index (χ1) is 8.72. The van der Waals surface area contributed by atoms with Gasteiger partial charge in [0.2, 0.25) is 0 Å². The topological polar surface area (TPSA) is 24.9 Å². The predicted octanol–water partition coefficient (Wildman–Crippen LogP) is 3.23. The lowest BCUT2D eigenvalue weighted by atomic mass is 9.95. The number of halogens is 1. The van der Waals surface area contributed by atoms with Crippen LogP contribution in [0.3, 0.4) is 0 Å². The summed E-state index contributed by atoms with van der Waals surface area (Å²) in [6.07, 6.45) is 3.55. The first-order valence-corrected chi connectivity index (χ1v) is 6.11. The second-order valence-corrected chi connectivity index (χ2v) is 4.27. The van der Waals surface area contributed by atoms with Crippen molar-refractivity contribution in [3.05, 3.63) is 65.2 Å². The highest BCUT2D eigenvalue weighted by Gasteiger charge is 2.15. The zero-order valence-electron chi connectivity index (χ0n) is 10.7. The van der Waals surface area contributed by atoms with Crippen LogP contribution in [0.5, 0.6) is 0 Å². The van der Waals surface area contributed by atoms with E-state index in [-0.39, 0.29) is 11.9 Å². The third-order valence-electron chi connectivity index (χ3n) is 2.99. The average Bonchev–Trinajstić information content (AvgIpc) is 2.38. The van der Waals surface area contributed by atoms with Gasteiger partial charge in [0, 0.05) is 12.4 Å². The number of nitrogens with one attached hydrogen (secondary N) is 1. The number of rotatable bonds is 4. The number of hydrogen-bond donors (Lipinski definition) is 1. The maximum atomic E-state index is 13.2. The van der Waals surface area contributed by atoms with E-state index in [0.29, 0.717) is 0 Å². The van der Waals surface area contributed by atoms with Crippen molar-refractivity contribution in [3.63, 3.8) is 0 Å². The Bertz CT molecular complexity index is 511. The smallest absolute Gasteiger partial charge is 0.123 e. The van der Waals surface area contributed by atoms with E-state index < -0.39 is 0 Å². The number of aromatic nitrogens is 1. The summed E-state index contributed by atoms with van der Waals surface area (Å²) in [5.74, 6) is -0.193. The summed E-state index contributed by atoms with van der Waals surface area (Å²) < 4.78 is 13.2. The Balaban J connectivity index is 2.41. The highest BCUT2D eigenvalue weighted by Crippen LogP contribution is 2.24.